The number of rotatable bonds is 7. The molecule has 0 fully saturated rings. The first-order valence-electron chi connectivity index (χ1n) is 5.97. The number of ether oxygens (including phenoxy) is 1. The summed E-state index contributed by atoms with van der Waals surface area (Å²) in [4.78, 5) is 0. The highest BCUT2D eigenvalue weighted by molar-refractivity contribution is 9.10. The highest BCUT2D eigenvalue weighted by Gasteiger charge is 2.10. The van der Waals surface area contributed by atoms with E-state index < -0.39 is 6.10 Å². The van der Waals surface area contributed by atoms with Crippen molar-refractivity contribution >= 4 is 15.9 Å². The molecule has 1 aromatic rings. The molecule has 1 unspecified atom stereocenters. The minimum atomic E-state index is -0.858. The molecule has 5 heteroatoms. The van der Waals surface area contributed by atoms with Crippen LogP contribution >= 0.6 is 15.9 Å². The van der Waals surface area contributed by atoms with Crippen molar-refractivity contribution in [1.82, 2.24) is 5.32 Å². The fourth-order valence-corrected chi connectivity index (χ4v) is 1.92. The van der Waals surface area contributed by atoms with E-state index in [-0.39, 0.29) is 13.2 Å². The number of benzene rings is 1. The molecule has 0 amide bonds. The number of hydrogen-bond donors (Lipinski definition) is 3. The van der Waals surface area contributed by atoms with E-state index in [9.17, 15) is 5.11 Å². The van der Waals surface area contributed by atoms with Gasteiger partial charge in [-0.2, -0.15) is 0 Å². The third kappa shape index (κ3) is 4.94. The van der Waals surface area contributed by atoms with Gasteiger partial charge in [0.25, 0.3) is 0 Å². The molecule has 1 aromatic carbocycles. The topological polar surface area (TPSA) is 61.7 Å². The molecular weight excluding hydrogens is 298 g/mol. The van der Waals surface area contributed by atoms with Crippen molar-refractivity contribution in [3.05, 3.63) is 28.2 Å². The van der Waals surface area contributed by atoms with E-state index in [2.05, 4.69) is 35.1 Å². The molecule has 4 nitrogen and oxygen atoms in total. The second kappa shape index (κ2) is 7.74. The lowest BCUT2D eigenvalue weighted by molar-refractivity contribution is 0.0530. The highest BCUT2D eigenvalue weighted by Crippen LogP contribution is 2.29. The number of halogens is 1. The van der Waals surface area contributed by atoms with E-state index in [1.165, 1.54) is 0 Å². The lowest BCUT2D eigenvalue weighted by atomic mass is 10.2. The highest BCUT2D eigenvalue weighted by atomic mass is 79.9. The first-order valence-corrected chi connectivity index (χ1v) is 6.76. The molecule has 0 heterocycles. The standard InChI is InChI=1S/C13H20BrNO3/c1-9(2)15-6-10-4-3-5-12(14)13(10)18-8-11(17)7-16/h3-5,9,11,15-17H,6-8H2,1-2H3. The minimum Gasteiger partial charge on any atom is -0.489 e. The van der Waals surface area contributed by atoms with Crippen molar-refractivity contribution in [2.45, 2.75) is 32.5 Å². The molecule has 3 N–H and O–H groups in total. The van der Waals surface area contributed by atoms with E-state index in [0.717, 1.165) is 10.0 Å². The van der Waals surface area contributed by atoms with Gasteiger partial charge in [0, 0.05) is 18.2 Å². The van der Waals surface area contributed by atoms with Gasteiger partial charge in [0.1, 0.15) is 18.5 Å². The van der Waals surface area contributed by atoms with Crippen LogP contribution in [0.2, 0.25) is 0 Å². The molecule has 0 saturated heterocycles. The van der Waals surface area contributed by atoms with Gasteiger partial charge in [-0.3, -0.25) is 0 Å². The van der Waals surface area contributed by atoms with Crippen LogP contribution in [-0.2, 0) is 6.54 Å². The van der Waals surface area contributed by atoms with Crippen LogP contribution in [0.5, 0.6) is 5.75 Å². The Labute approximate surface area is 116 Å². The number of aliphatic hydroxyl groups is 2. The monoisotopic (exact) mass is 317 g/mol. The van der Waals surface area contributed by atoms with E-state index in [1.54, 1.807) is 0 Å². The summed E-state index contributed by atoms with van der Waals surface area (Å²) in [5.41, 5.74) is 1.02. The first-order chi connectivity index (χ1) is 8.54. The van der Waals surface area contributed by atoms with Gasteiger partial charge < -0.3 is 20.3 Å². The molecule has 0 aromatic heterocycles. The Morgan fingerprint density at radius 3 is 2.72 bits per heavy atom. The first kappa shape index (κ1) is 15.4. The van der Waals surface area contributed by atoms with Crippen molar-refractivity contribution in [2.24, 2.45) is 0 Å². The van der Waals surface area contributed by atoms with E-state index in [4.69, 9.17) is 9.84 Å². The van der Waals surface area contributed by atoms with E-state index in [1.807, 2.05) is 18.2 Å². The predicted octanol–water partition coefficient (Wildman–Crippen LogP) is 1.68. The Kier molecular flexibility index (Phi) is 6.63. The van der Waals surface area contributed by atoms with Gasteiger partial charge in [-0.25, -0.2) is 0 Å². The third-order valence-electron chi connectivity index (χ3n) is 2.38. The molecule has 1 rings (SSSR count). The van der Waals surface area contributed by atoms with Crippen LogP contribution in [-0.4, -0.2) is 35.6 Å². The van der Waals surface area contributed by atoms with Crippen molar-refractivity contribution < 1.29 is 14.9 Å². The smallest absolute Gasteiger partial charge is 0.138 e. The molecule has 18 heavy (non-hydrogen) atoms. The molecule has 1 atom stereocenters. The molecule has 0 bridgehead atoms. The zero-order chi connectivity index (χ0) is 13.5. The second-order valence-corrected chi connectivity index (χ2v) is 5.27. The van der Waals surface area contributed by atoms with Crippen molar-refractivity contribution in [3.63, 3.8) is 0 Å². The summed E-state index contributed by atoms with van der Waals surface area (Å²) in [6.07, 6.45) is -0.858. The largest absolute Gasteiger partial charge is 0.489 e. The SMILES string of the molecule is CC(C)NCc1cccc(Br)c1OCC(O)CO. The fraction of sp³-hybridized carbons (Fsp3) is 0.538. The minimum absolute atomic E-state index is 0.0772. The maximum absolute atomic E-state index is 9.31. The average Bonchev–Trinajstić information content (AvgIpc) is 2.34. The molecule has 0 spiro atoms. The van der Waals surface area contributed by atoms with Gasteiger partial charge in [-0.05, 0) is 22.0 Å². The summed E-state index contributed by atoms with van der Waals surface area (Å²) in [5, 5.41) is 21.4. The van der Waals surface area contributed by atoms with E-state index >= 15 is 0 Å². The second-order valence-electron chi connectivity index (χ2n) is 4.41. The van der Waals surface area contributed by atoms with Gasteiger partial charge in [0.05, 0.1) is 11.1 Å². The van der Waals surface area contributed by atoms with Crippen LogP contribution in [0.25, 0.3) is 0 Å². The molecule has 102 valence electrons. The molecule has 0 radical (unpaired) electrons. The lowest BCUT2D eigenvalue weighted by Gasteiger charge is -2.16. The molecule has 0 saturated carbocycles. The number of nitrogens with one attached hydrogen (secondary N) is 1. The van der Waals surface area contributed by atoms with Crippen molar-refractivity contribution in [1.29, 1.82) is 0 Å². The van der Waals surface area contributed by atoms with Gasteiger partial charge in [0.2, 0.25) is 0 Å². The maximum atomic E-state index is 9.31. The number of para-hydroxylation sites is 1. The third-order valence-corrected chi connectivity index (χ3v) is 3.00. The quantitative estimate of drug-likeness (QED) is 0.716. The Morgan fingerprint density at radius 2 is 2.11 bits per heavy atom. The van der Waals surface area contributed by atoms with Gasteiger partial charge in [-0.15, -0.1) is 0 Å². The van der Waals surface area contributed by atoms with Crippen LogP contribution in [0, 0.1) is 0 Å². The molecule has 0 aliphatic carbocycles. The fourth-order valence-electron chi connectivity index (χ4n) is 1.40. The van der Waals surface area contributed by atoms with Crippen LogP contribution in [0.15, 0.2) is 22.7 Å². The van der Waals surface area contributed by atoms with Gasteiger partial charge in [0.15, 0.2) is 0 Å². The van der Waals surface area contributed by atoms with Gasteiger partial charge >= 0.3 is 0 Å². The normalized spacial score (nSPS) is 12.8. The van der Waals surface area contributed by atoms with Crippen LogP contribution < -0.4 is 10.1 Å². The summed E-state index contributed by atoms with van der Waals surface area (Å²) in [6.45, 7) is 4.63. The molecule has 0 aliphatic rings. The Balaban J connectivity index is 2.73. The average molecular weight is 318 g/mol. The Morgan fingerprint density at radius 1 is 1.39 bits per heavy atom. The maximum Gasteiger partial charge on any atom is 0.138 e. The van der Waals surface area contributed by atoms with Crippen molar-refractivity contribution in [2.75, 3.05) is 13.2 Å². The van der Waals surface area contributed by atoms with Crippen LogP contribution in [0.4, 0.5) is 0 Å². The van der Waals surface area contributed by atoms with Crippen molar-refractivity contribution in [3.8, 4) is 5.75 Å². The summed E-state index contributed by atoms with van der Waals surface area (Å²) < 4.78 is 6.40. The van der Waals surface area contributed by atoms with E-state index in [0.29, 0.717) is 18.3 Å². The Bertz CT molecular complexity index is 371. The lowest BCUT2D eigenvalue weighted by Crippen LogP contribution is -2.24. The summed E-state index contributed by atoms with van der Waals surface area (Å²) >= 11 is 3.43. The zero-order valence-corrected chi connectivity index (χ0v) is 12.3. The number of hydrogen-bond acceptors (Lipinski definition) is 4. The summed E-state index contributed by atoms with van der Waals surface area (Å²) in [7, 11) is 0. The van der Waals surface area contributed by atoms with Gasteiger partial charge in [-0.1, -0.05) is 26.0 Å². The predicted molar refractivity (Wildman–Crippen MR) is 74.7 cm³/mol. The Hall–Kier alpha value is -0.620. The molecular formula is C13H20BrNO3. The zero-order valence-electron chi connectivity index (χ0n) is 10.7. The van der Waals surface area contributed by atoms with Crippen LogP contribution in [0.3, 0.4) is 0 Å². The van der Waals surface area contributed by atoms with Crippen LogP contribution in [0.1, 0.15) is 19.4 Å². The number of aliphatic hydroxyl groups excluding tert-OH is 2. The summed E-state index contributed by atoms with van der Waals surface area (Å²) in [6, 6.07) is 6.19. The summed E-state index contributed by atoms with van der Waals surface area (Å²) in [5.74, 6) is 0.707. The molecule has 0 aliphatic heterocycles.